The zero-order valence-electron chi connectivity index (χ0n) is 15.2. The molecule has 2 aliphatic rings. The van der Waals surface area contributed by atoms with Gasteiger partial charge < -0.3 is 14.8 Å². The van der Waals surface area contributed by atoms with Crippen LogP contribution in [-0.2, 0) is 14.4 Å². The predicted octanol–water partition coefficient (Wildman–Crippen LogP) is 2.61. The molecule has 134 valence electrons. The van der Waals surface area contributed by atoms with Crippen LogP contribution in [0, 0.1) is 16.2 Å². The van der Waals surface area contributed by atoms with Crippen molar-refractivity contribution < 1.29 is 23.9 Å². The first kappa shape index (κ1) is 17.5. The van der Waals surface area contributed by atoms with E-state index < -0.39 is 33.7 Å². The van der Waals surface area contributed by atoms with Crippen LogP contribution in [-0.4, -0.2) is 31.7 Å². The van der Waals surface area contributed by atoms with Crippen molar-refractivity contribution in [3.8, 4) is 11.5 Å². The number of hydrogen-bond acceptors (Lipinski definition) is 5. The van der Waals surface area contributed by atoms with Gasteiger partial charge in [0.25, 0.3) is 0 Å². The second-order valence-corrected chi connectivity index (χ2v) is 7.54. The molecule has 0 saturated heterocycles. The number of ketones is 2. The van der Waals surface area contributed by atoms with E-state index in [-0.39, 0.29) is 0 Å². The molecule has 0 aliphatic heterocycles. The molecule has 0 spiro atoms. The minimum Gasteiger partial charge on any atom is -0.497 e. The Balaban J connectivity index is 2.00. The van der Waals surface area contributed by atoms with Gasteiger partial charge in [0.15, 0.2) is 0 Å². The normalized spacial score (nSPS) is 29.6. The highest BCUT2D eigenvalue weighted by atomic mass is 16.5. The molecule has 3 rings (SSSR count). The van der Waals surface area contributed by atoms with E-state index in [1.807, 2.05) is 13.8 Å². The molecule has 1 amide bonds. The molecule has 0 radical (unpaired) electrons. The van der Waals surface area contributed by atoms with Crippen LogP contribution in [0.25, 0.3) is 0 Å². The van der Waals surface area contributed by atoms with Gasteiger partial charge in [-0.1, -0.05) is 20.8 Å². The summed E-state index contributed by atoms with van der Waals surface area (Å²) in [6, 6.07) is 5.01. The summed E-state index contributed by atoms with van der Waals surface area (Å²) in [6.45, 7) is 5.48. The number of nitrogens with one attached hydrogen (secondary N) is 1. The van der Waals surface area contributed by atoms with Crippen molar-refractivity contribution in [1.82, 2.24) is 0 Å². The van der Waals surface area contributed by atoms with E-state index in [4.69, 9.17) is 9.47 Å². The molecular formula is C19H23NO5. The second kappa shape index (κ2) is 5.31. The number of ether oxygens (including phenoxy) is 2. The summed E-state index contributed by atoms with van der Waals surface area (Å²) in [4.78, 5) is 38.4. The number of anilines is 1. The third kappa shape index (κ3) is 1.94. The maximum atomic E-state index is 13.2. The van der Waals surface area contributed by atoms with E-state index in [1.54, 1.807) is 25.1 Å². The third-order valence-electron chi connectivity index (χ3n) is 6.59. The highest BCUT2D eigenvalue weighted by Crippen LogP contribution is 2.69. The Labute approximate surface area is 146 Å². The highest BCUT2D eigenvalue weighted by Gasteiger charge is 2.77. The van der Waals surface area contributed by atoms with Gasteiger partial charge >= 0.3 is 0 Å². The lowest BCUT2D eigenvalue weighted by molar-refractivity contribution is -0.147. The number of rotatable bonds is 4. The van der Waals surface area contributed by atoms with Gasteiger partial charge in [0, 0.05) is 11.5 Å². The number of Topliss-reactive ketones (excluding diaryl/α,β-unsaturated/α-hetero) is 2. The first-order valence-electron chi connectivity index (χ1n) is 8.28. The first-order valence-corrected chi connectivity index (χ1v) is 8.28. The fourth-order valence-corrected chi connectivity index (χ4v) is 4.40. The average Bonchev–Trinajstić information content (AvgIpc) is 2.87. The summed E-state index contributed by atoms with van der Waals surface area (Å²) >= 11 is 0. The van der Waals surface area contributed by atoms with Crippen LogP contribution in [0.3, 0.4) is 0 Å². The van der Waals surface area contributed by atoms with Crippen molar-refractivity contribution in [2.75, 3.05) is 19.5 Å². The molecule has 1 aromatic carbocycles. The minimum atomic E-state index is -1.33. The Kier molecular flexibility index (Phi) is 3.71. The summed E-state index contributed by atoms with van der Waals surface area (Å²) in [6.07, 6.45) is 0.920. The lowest BCUT2D eigenvalue weighted by Gasteiger charge is -2.37. The number of methoxy groups -OCH3 is 2. The molecule has 0 heterocycles. The van der Waals surface area contributed by atoms with Crippen molar-refractivity contribution in [1.29, 1.82) is 0 Å². The quantitative estimate of drug-likeness (QED) is 0.670. The van der Waals surface area contributed by atoms with Crippen LogP contribution < -0.4 is 14.8 Å². The van der Waals surface area contributed by atoms with E-state index >= 15 is 0 Å². The lowest BCUT2D eigenvalue weighted by Crippen LogP contribution is -2.47. The van der Waals surface area contributed by atoms with Crippen LogP contribution in [0.1, 0.15) is 33.6 Å². The highest BCUT2D eigenvalue weighted by molar-refractivity contribution is 6.49. The van der Waals surface area contributed by atoms with E-state index in [9.17, 15) is 14.4 Å². The van der Waals surface area contributed by atoms with E-state index in [1.165, 1.54) is 14.2 Å². The summed E-state index contributed by atoms with van der Waals surface area (Å²) in [5.74, 6) is -0.425. The van der Waals surface area contributed by atoms with Gasteiger partial charge in [-0.3, -0.25) is 14.4 Å². The van der Waals surface area contributed by atoms with Crippen molar-refractivity contribution in [3.05, 3.63) is 18.2 Å². The van der Waals surface area contributed by atoms with Gasteiger partial charge in [-0.15, -0.1) is 0 Å². The minimum absolute atomic E-state index is 0.380. The van der Waals surface area contributed by atoms with Crippen molar-refractivity contribution in [2.24, 2.45) is 16.2 Å². The zero-order valence-corrected chi connectivity index (χ0v) is 15.2. The fraction of sp³-hybridized carbons (Fsp3) is 0.526. The SMILES string of the molecule is COc1ccc(NC(=O)[C@]23CC[C@](C)(C(=O)C2=O)C3(C)C)c(OC)c1. The summed E-state index contributed by atoms with van der Waals surface area (Å²) in [5.41, 5.74) is -2.41. The van der Waals surface area contributed by atoms with Crippen LogP contribution in [0.4, 0.5) is 5.69 Å². The van der Waals surface area contributed by atoms with Gasteiger partial charge in [-0.05, 0) is 30.4 Å². The van der Waals surface area contributed by atoms with Crippen LogP contribution in [0.5, 0.6) is 11.5 Å². The van der Waals surface area contributed by atoms with Crippen molar-refractivity contribution >= 4 is 23.2 Å². The van der Waals surface area contributed by atoms with Gasteiger partial charge in [0.2, 0.25) is 17.5 Å². The van der Waals surface area contributed by atoms with Gasteiger partial charge in [-0.2, -0.15) is 0 Å². The molecule has 2 bridgehead atoms. The molecule has 2 fully saturated rings. The van der Waals surface area contributed by atoms with E-state index in [0.29, 0.717) is 30.0 Å². The smallest absolute Gasteiger partial charge is 0.239 e. The summed E-state index contributed by atoms with van der Waals surface area (Å²) in [5, 5.41) is 2.80. The molecule has 2 saturated carbocycles. The Morgan fingerprint density at radius 2 is 1.72 bits per heavy atom. The Hall–Kier alpha value is -2.37. The largest absolute Gasteiger partial charge is 0.497 e. The number of carbonyl (C=O) groups excluding carboxylic acids is 3. The number of carbonyl (C=O) groups is 3. The van der Waals surface area contributed by atoms with Gasteiger partial charge in [0.1, 0.15) is 16.9 Å². The number of fused-ring (bicyclic) bond motifs is 2. The van der Waals surface area contributed by atoms with Crippen LogP contribution in [0.15, 0.2) is 18.2 Å². The molecule has 1 N–H and O–H groups in total. The maximum Gasteiger partial charge on any atom is 0.239 e. The standard InChI is InChI=1S/C19H23NO5/c1-17(2)18(3)8-9-19(17,15(22)14(18)21)16(23)20-12-7-6-11(24-4)10-13(12)25-5/h6-7,10H,8-9H2,1-5H3,(H,20,23)/t18-,19+/m1/s1. The number of amides is 1. The summed E-state index contributed by atoms with van der Waals surface area (Å²) < 4.78 is 10.5. The lowest BCUT2D eigenvalue weighted by atomic mass is 9.64. The van der Waals surface area contributed by atoms with Crippen molar-refractivity contribution in [2.45, 2.75) is 33.6 Å². The molecule has 6 nitrogen and oxygen atoms in total. The predicted molar refractivity (Wildman–Crippen MR) is 91.7 cm³/mol. The van der Waals surface area contributed by atoms with Crippen LogP contribution >= 0.6 is 0 Å². The Bertz CT molecular complexity index is 784. The molecule has 2 atom stereocenters. The fourth-order valence-electron chi connectivity index (χ4n) is 4.40. The monoisotopic (exact) mass is 345 g/mol. The molecule has 6 heteroatoms. The molecule has 1 aromatic rings. The zero-order chi connectivity index (χ0) is 18.6. The Morgan fingerprint density at radius 3 is 2.24 bits per heavy atom. The topological polar surface area (TPSA) is 81.7 Å². The average molecular weight is 345 g/mol. The molecular weight excluding hydrogens is 322 g/mol. The summed E-state index contributed by atoms with van der Waals surface area (Å²) in [7, 11) is 3.03. The Morgan fingerprint density at radius 1 is 1.04 bits per heavy atom. The van der Waals surface area contributed by atoms with Crippen molar-refractivity contribution in [3.63, 3.8) is 0 Å². The number of benzene rings is 1. The molecule has 0 unspecified atom stereocenters. The van der Waals surface area contributed by atoms with E-state index in [2.05, 4.69) is 5.32 Å². The van der Waals surface area contributed by atoms with Gasteiger partial charge in [-0.25, -0.2) is 0 Å². The molecule has 0 aromatic heterocycles. The van der Waals surface area contributed by atoms with Gasteiger partial charge in [0.05, 0.1) is 19.9 Å². The molecule has 25 heavy (non-hydrogen) atoms. The molecule has 2 aliphatic carbocycles. The third-order valence-corrected chi connectivity index (χ3v) is 6.59. The number of hydrogen-bond donors (Lipinski definition) is 1. The van der Waals surface area contributed by atoms with E-state index in [0.717, 1.165) is 0 Å². The first-order chi connectivity index (χ1) is 11.7. The van der Waals surface area contributed by atoms with Crippen LogP contribution in [0.2, 0.25) is 0 Å². The maximum absolute atomic E-state index is 13.2. The second-order valence-electron chi connectivity index (χ2n) is 7.54.